The molecule has 0 bridgehead atoms. The van der Waals surface area contributed by atoms with Crippen molar-refractivity contribution < 1.29 is 4.79 Å². The molecule has 0 aliphatic rings. The van der Waals surface area contributed by atoms with E-state index in [9.17, 15) is 4.79 Å². The number of anilines is 1. The second kappa shape index (κ2) is 8.02. The van der Waals surface area contributed by atoms with Crippen molar-refractivity contribution in [3.63, 3.8) is 0 Å². The number of carbonyl (C=O) groups excluding carboxylic acids is 1. The zero-order chi connectivity index (χ0) is 14.5. The van der Waals surface area contributed by atoms with E-state index in [1.54, 1.807) is 35.3 Å². The van der Waals surface area contributed by atoms with E-state index in [1.807, 2.05) is 13.0 Å². The topological polar surface area (TPSA) is 72.9 Å². The van der Waals surface area contributed by atoms with E-state index >= 15 is 0 Å². The van der Waals surface area contributed by atoms with Gasteiger partial charge in [0.25, 0.3) is 0 Å². The molecule has 7 heteroatoms. The fourth-order valence-electron chi connectivity index (χ4n) is 1.86. The molecule has 3 N–H and O–H groups in total. The van der Waals surface area contributed by atoms with Crippen LogP contribution in [0.25, 0.3) is 5.69 Å². The zero-order valence-corrected chi connectivity index (χ0v) is 13.2. The minimum atomic E-state index is -0.496. The van der Waals surface area contributed by atoms with Gasteiger partial charge in [-0.25, -0.2) is 4.68 Å². The number of benzene rings is 1. The smallest absolute Gasteiger partial charge is 0.241 e. The molecule has 0 aliphatic carbocycles. The normalized spacial score (nSPS) is 11.6. The Bertz CT molecular complexity index is 587. The molecule has 0 spiro atoms. The maximum Gasteiger partial charge on any atom is 0.241 e. The summed E-state index contributed by atoms with van der Waals surface area (Å²) in [4.78, 5) is 11.8. The van der Waals surface area contributed by atoms with E-state index < -0.39 is 6.04 Å². The van der Waals surface area contributed by atoms with Gasteiger partial charge in [0.1, 0.15) is 0 Å². The van der Waals surface area contributed by atoms with Gasteiger partial charge in [0.15, 0.2) is 0 Å². The molecule has 0 radical (unpaired) electrons. The van der Waals surface area contributed by atoms with Crippen molar-refractivity contribution in [2.75, 3.05) is 5.32 Å². The molecule has 1 atom stereocenters. The molecule has 2 rings (SSSR count). The number of nitrogens with zero attached hydrogens (tertiary/aromatic N) is 2. The van der Waals surface area contributed by atoms with Crippen LogP contribution in [0.3, 0.4) is 0 Å². The molecule has 0 fully saturated rings. The van der Waals surface area contributed by atoms with Crippen molar-refractivity contribution in [1.29, 1.82) is 0 Å². The van der Waals surface area contributed by atoms with Crippen LogP contribution < -0.4 is 11.1 Å². The van der Waals surface area contributed by atoms with Gasteiger partial charge in [-0.2, -0.15) is 5.10 Å². The number of nitrogens with two attached hydrogens (primary N) is 1. The molecule has 0 saturated carbocycles. The van der Waals surface area contributed by atoms with Gasteiger partial charge < -0.3 is 11.1 Å². The predicted octanol–water partition coefficient (Wildman–Crippen LogP) is 3.01. The van der Waals surface area contributed by atoms with E-state index in [4.69, 9.17) is 17.3 Å². The van der Waals surface area contributed by atoms with Crippen LogP contribution in [0.2, 0.25) is 5.02 Å². The number of carbonyl (C=O) groups is 1. The summed E-state index contributed by atoms with van der Waals surface area (Å²) in [6.45, 7) is 1.99. The Balaban J connectivity index is 0.00000220. The van der Waals surface area contributed by atoms with Crippen LogP contribution in [0.5, 0.6) is 0 Å². The lowest BCUT2D eigenvalue weighted by molar-refractivity contribution is -0.117. The van der Waals surface area contributed by atoms with E-state index in [-0.39, 0.29) is 18.3 Å². The van der Waals surface area contributed by atoms with Gasteiger partial charge in [-0.05, 0) is 30.7 Å². The van der Waals surface area contributed by atoms with E-state index in [1.165, 1.54) is 0 Å². The molecule has 2 aromatic rings. The second-order valence-electron chi connectivity index (χ2n) is 4.50. The molecule has 1 unspecified atom stereocenters. The molecule has 1 aromatic heterocycles. The van der Waals surface area contributed by atoms with E-state index in [2.05, 4.69) is 10.4 Å². The number of halogens is 2. The zero-order valence-electron chi connectivity index (χ0n) is 11.6. The van der Waals surface area contributed by atoms with Gasteiger partial charge in [0.05, 0.1) is 16.8 Å². The second-order valence-corrected chi connectivity index (χ2v) is 4.91. The lowest BCUT2D eigenvalue weighted by Gasteiger charge is -2.12. The maximum atomic E-state index is 11.8. The fourth-order valence-corrected chi connectivity index (χ4v) is 2.13. The minimum absolute atomic E-state index is 0. The Morgan fingerprint density at radius 3 is 2.86 bits per heavy atom. The van der Waals surface area contributed by atoms with Crippen molar-refractivity contribution in [3.8, 4) is 5.69 Å². The first-order chi connectivity index (χ1) is 9.61. The van der Waals surface area contributed by atoms with Crippen molar-refractivity contribution in [1.82, 2.24) is 9.78 Å². The third-order valence-corrected chi connectivity index (χ3v) is 3.21. The number of amides is 1. The summed E-state index contributed by atoms with van der Waals surface area (Å²) in [5, 5.41) is 7.39. The molecule has 0 saturated heterocycles. The number of nitrogens with one attached hydrogen (secondary N) is 1. The largest absolute Gasteiger partial charge is 0.325 e. The quantitative estimate of drug-likeness (QED) is 0.886. The van der Waals surface area contributed by atoms with Gasteiger partial charge in [-0.1, -0.05) is 24.9 Å². The van der Waals surface area contributed by atoms with Crippen LogP contribution >= 0.6 is 24.0 Å². The first-order valence-corrected chi connectivity index (χ1v) is 6.85. The Morgan fingerprint density at radius 1 is 1.52 bits per heavy atom. The van der Waals surface area contributed by atoms with Crippen molar-refractivity contribution >= 4 is 35.6 Å². The van der Waals surface area contributed by atoms with Crippen LogP contribution in [0.4, 0.5) is 5.69 Å². The van der Waals surface area contributed by atoms with Crippen molar-refractivity contribution in [2.24, 2.45) is 5.73 Å². The maximum absolute atomic E-state index is 11.8. The third kappa shape index (κ3) is 4.46. The highest BCUT2D eigenvalue weighted by Gasteiger charge is 2.13. The summed E-state index contributed by atoms with van der Waals surface area (Å²) in [6, 6.07) is 6.59. The number of aromatic nitrogens is 2. The predicted molar refractivity (Wildman–Crippen MR) is 87.3 cm³/mol. The molecule has 0 aliphatic heterocycles. The summed E-state index contributed by atoms with van der Waals surface area (Å²) in [6.07, 6.45) is 5.00. The molecule has 1 amide bonds. The summed E-state index contributed by atoms with van der Waals surface area (Å²) < 4.78 is 1.66. The Morgan fingerprint density at radius 2 is 2.29 bits per heavy atom. The molecular formula is C14H18Cl2N4O. The van der Waals surface area contributed by atoms with Crippen LogP contribution in [0.1, 0.15) is 19.8 Å². The number of hydrogen-bond acceptors (Lipinski definition) is 3. The molecular weight excluding hydrogens is 311 g/mol. The molecule has 114 valence electrons. The van der Waals surface area contributed by atoms with Crippen molar-refractivity contribution in [2.45, 2.75) is 25.8 Å². The molecule has 5 nitrogen and oxygen atoms in total. The van der Waals surface area contributed by atoms with Crippen LogP contribution in [-0.2, 0) is 4.79 Å². The summed E-state index contributed by atoms with van der Waals surface area (Å²) in [5.41, 5.74) is 7.15. The van der Waals surface area contributed by atoms with E-state index in [0.717, 1.165) is 12.1 Å². The third-order valence-electron chi connectivity index (χ3n) is 2.90. The Labute approximate surface area is 134 Å². The van der Waals surface area contributed by atoms with Crippen LogP contribution in [0.15, 0.2) is 36.7 Å². The molecule has 1 heterocycles. The molecule has 21 heavy (non-hydrogen) atoms. The first-order valence-electron chi connectivity index (χ1n) is 6.48. The lowest BCUT2D eigenvalue weighted by Crippen LogP contribution is -2.35. The monoisotopic (exact) mass is 328 g/mol. The highest BCUT2D eigenvalue weighted by atomic mass is 35.5. The summed E-state index contributed by atoms with van der Waals surface area (Å²) in [5.74, 6) is -0.199. The molecule has 1 aromatic carbocycles. The van der Waals surface area contributed by atoms with Gasteiger partial charge in [0, 0.05) is 18.1 Å². The average Bonchev–Trinajstić information content (AvgIpc) is 2.93. The van der Waals surface area contributed by atoms with Gasteiger partial charge >= 0.3 is 0 Å². The number of rotatable bonds is 5. The summed E-state index contributed by atoms with van der Waals surface area (Å²) >= 11 is 6.20. The Hall–Kier alpha value is -1.56. The van der Waals surface area contributed by atoms with Gasteiger partial charge in [-0.3, -0.25) is 4.79 Å². The fraction of sp³-hybridized carbons (Fsp3) is 0.286. The summed E-state index contributed by atoms with van der Waals surface area (Å²) in [7, 11) is 0. The van der Waals surface area contributed by atoms with Crippen LogP contribution in [0, 0.1) is 0 Å². The SMILES string of the molecule is CCCC(N)C(=O)Nc1ccc(-n2cccn2)c(Cl)c1.Cl. The number of hydrogen-bond donors (Lipinski definition) is 2. The van der Waals surface area contributed by atoms with Crippen LogP contribution in [-0.4, -0.2) is 21.7 Å². The lowest BCUT2D eigenvalue weighted by atomic mass is 10.1. The highest BCUT2D eigenvalue weighted by molar-refractivity contribution is 6.32. The van der Waals surface area contributed by atoms with Gasteiger partial charge in [-0.15, -0.1) is 12.4 Å². The first kappa shape index (κ1) is 17.5. The minimum Gasteiger partial charge on any atom is -0.325 e. The van der Waals surface area contributed by atoms with Gasteiger partial charge in [0.2, 0.25) is 5.91 Å². The van der Waals surface area contributed by atoms with E-state index in [0.29, 0.717) is 17.1 Å². The highest BCUT2D eigenvalue weighted by Crippen LogP contribution is 2.23. The average molecular weight is 329 g/mol. The standard InChI is InChI=1S/C14H17ClN4O.ClH/c1-2-4-12(16)14(20)18-10-5-6-13(11(15)9-10)19-8-3-7-17-19;/h3,5-9,12H,2,4,16H2,1H3,(H,18,20);1H. The van der Waals surface area contributed by atoms with Crippen molar-refractivity contribution in [3.05, 3.63) is 41.7 Å². The Kier molecular flexibility index (Phi) is 6.68.